The Bertz CT molecular complexity index is 296. The van der Waals surface area contributed by atoms with Crippen LogP contribution in [0, 0.1) is 5.92 Å². The van der Waals surface area contributed by atoms with Crippen molar-refractivity contribution in [3.8, 4) is 0 Å². The first kappa shape index (κ1) is 12.7. The fourth-order valence-electron chi connectivity index (χ4n) is 1.52. The van der Waals surface area contributed by atoms with Crippen LogP contribution < -0.4 is 5.32 Å². The third-order valence-electron chi connectivity index (χ3n) is 2.54. The molecular formula is C13H20BrN. The van der Waals surface area contributed by atoms with Gasteiger partial charge in [0.15, 0.2) is 0 Å². The number of nitrogens with one attached hydrogen (secondary N) is 1. The third kappa shape index (κ3) is 4.35. The molecular weight excluding hydrogens is 250 g/mol. The Morgan fingerprint density at radius 2 is 1.87 bits per heavy atom. The van der Waals surface area contributed by atoms with Crippen molar-refractivity contribution < 1.29 is 0 Å². The van der Waals surface area contributed by atoms with Gasteiger partial charge < -0.3 is 5.32 Å². The summed E-state index contributed by atoms with van der Waals surface area (Å²) < 4.78 is 1.19. The molecule has 0 heterocycles. The molecule has 84 valence electrons. The molecule has 0 amide bonds. The van der Waals surface area contributed by atoms with Crippen molar-refractivity contribution in [3.05, 3.63) is 34.3 Å². The topological polar surface area (TPSA) is 12.0 Å². The van der Waals surface area contributed by atoms with Gasteiger partial charge in [-0.15, -0.1) is 0 Å². The predicted molar refractivity (Wildman–Crippen MR) is 70.0 cm³/mol. The van der Waals surface area contributed by atoms with Gasteiger partial charge in [-0.2, -0.15) is 0 Å². The second-order valence-corrected chi connectivity index (χ2v) is 5.23. The van der Waals surface area contributed by atoms with Crippen LogP contribution in [0.3, 0.4) is 0 Å². The molecule has 1 atom stereocenters. The maximum atomic E-state index is 3.58. The van der Waals surface area contributed by atoms with Crippen LogP contribution in [0.1, 0.15) is 38.8 Å². The average Bonchev–Trinajstić information content (AvgIpc) is 2.17. The third-order valence-corrected chi connectivity index (χ3v) is 3.27. The molecule has 0 saturated heterocycles. The molecule has 1 aromatic rings. The van der Waals surface area contributed by atoms with Crippen LogP contribution in [-0.2, 0) is 0 Å². The minimum atomic E-state index is 0.416. The Labute approximate surface area is 101 Å². The van der Waals surface area contributed by atoms with E-state index in [9.17, 15) is 0 Å². The van der Waals surface area contributed by atoms with Gasteiger partial charge in [0, 0.05) is 10.5 Å². The fourth-order valence-corrected chi connectivity index (χ4v) is 2.15. The molecule has 0 aliphatic rings. The van der Waals surface area contributed by atoms with Gasteiger partial charge in [0.05, 0.1) is 0 Å². The van der Waals surface area contributed by atoms with E-state index in [0.29, 0.717) is 6.04 Å². The van der Waals surface area contributed by atoms with Gasteiger partial charge in [-0.05, 0) is 37.4 Å². The summed E-state index contributed by atoms with van der Waals surface area (Å²) in [5, 5.41) is 3.54. The summed E-state index contributed by atoms with van der Waals surface area (Å²) in [6.07, 6.45) is 1.23. The fraction of sp³-hybridized carbons (Fsp3) is 0.538. The van der Waals surface area contributed by atoms with E-state index in [1.165, 1.54) is 16.5 Å². The van der Waals surface area contributed by atoms with E-state index in [1.54, 1.807) is 0 Å². The van der Waals surface area contributed by atoms with Gasteiger partial charge >= 0.3 is 0 Å². The van der Waals surface area contributed by atoms with Crippen molar-refractivity contribution in [2.75, 3.05) is 6.54 Å². The molecule has 1 N–H and O–H groups in total. The highest BCUT2D eigenvalue weighted by Gasteiger charge is 2.07. The first-order chi connectivity index (χ1) is 7.11. The molecule has 0 spiro atoms. The van der Waals surface area contributed by atoms with Crippen LogP contribution in [0.5, 0.6) is 0 Å². The number of halogens is 1. The Hall–Kier alpha value is -0.340. The molecule has 0 bridgehead atoms. The summed E-state index contributed by atoms with van der Waals surface area (Å²) in [4.78, 5) is 0. The summed E-state index contributed by atoms with van der Waals surface area (Å²) in [5.41, 5.74) is 1.33. The normalized spacial score (nSPS) is 13.1. The minimum Gasteiger partial charge on any atom is -0.310 e. The van der Waals surface area contributed by atoms with Crippen LogP contribution in [0.15, 0.2) is 28.7 Å². The highest BCUT2D eigenvalue weighted by molar-refractivity contribution is 9.10. The second-order valence-electron chi connectivity index (χ2n) is 4.38. The predicted octanol–water partition coefficient (Wildman–Crippen LogP) is 4.15. The smallest absolute Gasteiger partial charge is 0.0302 e. The SMILES string of the molecule is CC(C)CCN[C@H](C)c1ccccc1Br. The summed E-state index contributed by atoms with van der Waals surface area (Å²) >= 11 is 3.58. The lowest BCUT2D eigenvalue weighted by atomic mass is 10.1. The molecule has 0 aliphatic carbocycles. The van der Waals surface area contributed by atoms with Gasteiger partial charge in [0.1, 0.15) is 0 Å². The van der Waals surface area contributed by atoms with Crippen LogP contribution in [0.4, 0.5) is 0 Å². The molecule has 2 heteroatoms. The van der Waals surface area contributed by atoms with E-state index in [0.717, 1.165) is 12.5 Å². The van der Waals surface area contributed by atoms with Gasteiger partial charge in [-0.3, -0.25) is 0 Å². The van der Waals surface area contributed by atoms with E-state index in [1.807, 2.05) is 0 Å². The second kappa shape index (κ2) is 6.29. The molecule has 0 saturated carbocycles. The van der Waals surface area contributed by atoms with Crippen molar-refractivity contribution in [3.63, 3.8) is 0 Å². The molecule has 15 heavy (non-hydrogen) atoms. The number of rotatable bonds is 5. The zero-order valence-electron chi connectivity index (χ0n) is 9.76. The van der Waals surface area contributed by atoms with Crippen LogP contribution in [0.2, 0.25) is 0 Å². The molecule has 0 aliphatic heterocycles. The van der Waals surface area contributed by atoms with Crippen LogP contribution in [-0.4, -0.2) is 6.54 Å². The largest absolute Gasteiger partial charge is 0.310 e. The van der Waals surface area contributed by atoms with Crippen molar-refractivity contribution >= 4 is 15.9 Å². The molecule has 0 radical (unpaired) electrons. The minimum absolute atomic E-state index is 0.416. The highest BCUT2D eigenvalue weighted by Crippen LogP contribution is 2.22. The lowest BCUT2D eigenvalue weighted by molar-refractivity contribution is 0.496. The van der Waals surface area contributed by atoms with Gasteiger partial charge in [-0.1, -0.05) is 48.0 Å². The Morgan fingerprint density at radius 3 is 2.47 bits per heavy atom. The monoisotopic (exact) mass is 269 g/mol. The van der Waals surface area contributed by atoms with Gasteiger partial charge in [0.25, 0.3) is 0 Å². The maximum Gasteiger partial charge on any atom is 0.0302 e. The molecule has 1 rings (SSSR count). The van der Waals surface area contributed by atoms with Crippen molar-refractivity contribution in [2.24, 2.45) is 5.92 Å². The number of hydrogen-bond donors (Lipinski definition) is 1. The van der Waals surface area contributed by atoms with Crippen molar-refractivity contribution in [2.45, 2.75) is 33.2 Å². The molecule has 0 fully saturated rings. The van der Waals surface area contributed by atoms with Gasteiger partial charge in [0.2, 0.25) is 0 Å². The first-order valence-corrected chi connectivity index (χ1v) is 6.38. The van der Waals surface area contributed by atoms with Gasteiger partial charge in [-0.25, -0.2) is 0 Å². The quantitative estimate of drug-likeness (QED) is 0.847. The Balaban J connectivity index is 2.47. The van der Waals surface area contributed by atoms with E-state index >= 15 is 0 Å². The lowest BCUT2D eigenvalue weighted by Gasteiger charge is -2.16. The zero-order valence-corrected chi connectivity index (χ0v) is 11.3. The molecule has 1 nitrogen and oxygen atoms in total. The zero-order chi connectivity index (χ0) is 11.3. The standard InChI is InChI=1S/C13H20BrN/c1-10(2)8-9-15-11(3)12-6-4-5-7-13(12)14/h4-7,10-11,15H,8-9H2,1-3H3/t11-/m1/s1. The van der Waals surface area contributed by atoms with E-state index in [-0.39, 0.29) is 0 Å². The Morgan fingerprint density at radius 1 is 1.20 bits per heavy atom. The maximum absolute atomic E-state index is 3.58. The summed E-state index contributed by atoms with van der Waals surface area (Å²) in [7, 11) is 0. The van der Waals surface area contributed by atoms with Crippen LogP contribution in [0.25, 0.3) is 0 Å². The molecule has 0 unspecified atom stereocenters. The van der Waals surface area contributed by atoms with Crippen molar-refractivity contribution in [1.82, 2.24) is 5.32 Å². The van der Waals surface area contributed by atoms with E-state index in [2.05, 4.69) is 66.3 Å². The summed E-state index contributed by atoms with van der Waals surface area (Å²) in [5.74, 6) is 0.768. The average molecular weight is 270 g/mol. The van der Waals surface area contributed by atoms with E-state index < -0.39 is 0 Å². The highest BCUT2D eigenvalue weighted by atomic mass is 79.9. The van der Waals surface area contributed by atoms with Crippen molar-refractivity contribution in [1.29, 1.82) is 0 Å². The van der Waals surface area contributed by atoms with E-state index in [4.69, 9.17) is 0 Å². The molecule has 0 aromatic heterocycles. The Kier molecular flexibility index (Phi) is 5.34. The number of benzene rings is 1. The summed E-state index contributed by atoms with van der Waals surface area (Å²) in [6, 6.07) is 8.81. The lowest BCUT2D eigenvalue weighted by Crippen LogP contribution is -2.21. The molecule has 1 aromatic carbocycles. The summed E-state index contributed by atoms with van der Waals surface area (Å²) in [6.45, 7) is 7.80. The number of hydrogen-bond acceptors (Lipinski definition) is 1. The first-order valence-electron chi connectivity index (χ1n) is 5.59. The van der Waals surface area contributed by atoms with Crippen LogP contribution >= 0.6 is 15.9 Å².